The maximum absolute atomic E-state index is 13.4. The molecule has 0 unspecified atom stereocenters. The van der Waals surface area contributed by atoms with Crippen molar-refractivity contribution in [2.24, 2.45) is 0 Å². The predicted molar refractivity (Wildman–Crippen MR) is 109 cm³/mol. The van der Waals surface area contributed by atoms with Crippen LogP contribution < -0.4 is 10.2 Å². The first-order chi connectivity index (χ1) is 13.7. The van der Waals surface area contributed by atoms with Crippen LogP contribution >= 0.6 is 23.2 Å². The average Bonchev–Trinajstić information content (AvgIpc) is 3.11. The number of amides is 1. The summed E-state index contributed by atoms with van der Waals surface area (Å²) in [7, 11) is 0. The monoisotopic (exact) mass is 439 g/mol. The van der Waals surface area contributed by atoms with E-state index in [4.69, 9.17) is 23.2 Å². The first-order valence-electron chi connectivity index (χ1n) is 8.97. The summed E-state index contributed by atoms with van der Waals surface area (Å²) in [6, 6.07) is 4.84. The Hall–Kier alpha value is -2.45. The summed E-state index contributed by atoms with van der Waals surface area (Å²) in [5, 5.41) is 3.31. The van der Waals surface area contributed by atoms with Crippen molar-refractivity contribution in [1.29, 1.82) is 0 Å². The molecule has 0 aliphatic carbocycles. The van der Waals surface area contributed by atoms with E-state index >= 15 is 0 Å². The topological polar surface area (TPSA) is 62.5 Å². The third-order valence-corrected chi connectivity index (χ3v) is 5.41. The second-order valence-corrected chi connectivity index (χ2v) is 7.76. The summed E-state index contributed by atoms with van der Waals surface area (Å²) in [6.45, 7) is 2.18. The number of hydrogen-bond donors (Lipinski definition) is 1. The highest BCUT2D eigenvalue weighted by atomic mass is 35.5. The molecule has 1 aliphatic rings. The summed E-state index contributed by atoms with van der Waals surface area (Å²) in [5.41, 5.74) is 1.67. The van der Waals surface area contributed by atoms with Crippen molar-refractivity contribution in [3.05, 3.63) is 52.0 Å². The molecule has 0 saturated carbocycles. The van der Waals surface area contributed by atoms with Gasteiger partial charge in [0.05, 0.1) is 5.02 Å². The summed E-state index contributed by atoms with van der Waals surface area (Å²) in [6.07, 6.45) is 2.71. The van der Waals surface area contributed by atoms with Crippen molar-refractivity contribution in [1.82, 2.24) is 14.4 Å². The van der Waals surface area contributed by atoms with E-state index in [2.05, 4.69) is 15.3 Å². The number of halogens is 4. The molecule has 4 heterocycles. The van der Waals surface area contributed by atoms with Gasteiger partial charge in [0.1, 0.15) is 16.5 Å². The molecule has 0 radical (unpaired) electrons. The normalized spacial score (nSPS) is 16.2. The summed E-state index contributed by atoms with van der Waals surface area (Å²) >= 11 is 12.4. The molecular weight excluding hydrogens is 423 g/mol. The number of carbonyl (C=O) groups is 1. The fourth-order valence-corrected chi connectivity index (χ4v) is 3.94. The Morgan fingerprint density at radius 3 is 2.66 bits per heavy atom. The van der Waals surface area contributed by atoms with E-state index in [1.807, 2.05) is 0 Å². The van der Waals surface area contributed by atoms with Gasteiger partial charge in [-0.15, -0.1) is 0 Å². The zero-order valence-corrected chi connectivity index (χ0v) is 16.9. The predicted octanol–water partition coefficient (Wildman–Crippen LogP) is 4.83. The maximum atomic E-state index is 13.4. The SMILES string of the molecule is Cc1cc(NC(=O)c2c(Cl)cc(Cl)n3ccnc23)cc(N2CCC(F)(F)CC2)n1. The fourth-order valence-electron chi connectivity index (χ4n) is 3.37. The largest absolute Gasteiger partial charge is 0.356 e. The second-order valence-electron chi connectivity index (χ2n) is 6.96. The summed E-state index contributed by atoms with van der Waals surface area (Å²) in [5.74, 6) is -2.55. The van der Waals surface area contributed by atoms with Crippen molar-refractivity contribution in [2.45, 2.75) is 25.7 Å². The average molecular weight is 440 g/mol. The maximum Gasteiger partial charge on any atom is 0.260 e. The van der Waals surface area contributed by atoms with Crippen LogP contribution in [0.25, 0.3) is 5.65 Å². The number of pyridine rings is 2. The van der Waals surface area contributed by atoms with Gasteiger partial charge in [-0.3, -0.25) is 9.20 Å². The Morgan fingerprint density at radius 2 is 1.93 bits per heavy atom. The van der Waals surface area contributed by atoms with Crippen molar-refractivity contribution >= 4 is 46.3 Å². The molecule has 6 nitrogen and oxygen atoms in total. The van der Waals surface area contributed by atoms with Crippen molar-refractivity contribution in [3.63, 3.8) is 0 Å². The molecule has 1 amide bonds. The van der Waals surface area contributed by atoms with E-state index in [0.29, 0.717) is 28.0 Å². The molecule has 0 aromatic carbocycles. The van der Waals surface area contributed by atoms with E-state index in [1.54, 1.807) is 34.6 Å². The second kappa shape index (κ2) is 7.42. The first kappa shape index (κ1) is 19.8. The van der Waals surface area contributed by atoms with Gasteiger partial charge in [0.15, 0.2) is 5.65 Å². The number of aromatic nitrogens is 3. The van der Waals surface area contributed by atoms with Crippen LogP contribution in [0.15, 0.2) is 30.6 Å². The molecule has 1 N–H and O–H groups in total. The smallest absolute Gasteiger partial charge is 0.260 e. The third-order valence-electron chi connectivity index (χ3n) is 4.82. The van der Waals surface area contributed by atoms with E-state index in [1.165, 1.54) is 12.3 Å². The van der Waals surface area contributed by atoms with Gasteiger partial charge in [-0.1, -0.05) is 23.2 Å². The van der Waals surface area contributed by atoms with Crippen LogP contribution in [0.4, 0.5) is 20.3 Å². The van der Waals surface area contributed by atoms with Crippen LogP contribution in [0.3, 0.4) is 0 Å². The van der Waals surface area contributed by atoms with Crippen LogP contribution in [0, 0.1) is 6.92 Å². The molecule has 4 rings (SSSR count). The molecule has 152 valence electrons. The van der Waals surface area contributed by atoms with Gasteiger partial charge in [0, 0.05) is 55.8 Å². The number of alkyl halides is 2. The number of nitrogens with one attached hydrogen (secondary N) is 1. The Bertz CT molecular complexity index is 1090. The number of nitrogens with zero attached hydrogens (tertiary/aromatic N) is 4. The summed E-state index contributed by atoms with van der Waals surface area (Å²) in [4.78, 5) is 23.3. The first-order valence-corrected chi connectivity index (χ1v) is 9.73. The number of fused-ring (bicyclic) bond motifs is 1. The highest BCUT2D eigenvalue weighted by molar-refractivity contribution is 6.37. The lowest BCUT2D eigenvalue weighted by Gasteiger charge is -2.32. The quantitative estimate of drug-likeness (QED) is 0.593. The molecule has 0 atom stereocenters. The molecule has 1 saturated heterocycles. The van der Waals surface area contributed by atoms with Crippen LogP contribution in [0.1, 0.15) is 28.9 Å². The van der Waals surface area contributed by atoms with Crippen LogP contribution in [-0.2, 0) is 0 Å². The van der Waals surface area contributed by atoms with Gasteiger partial charge in [-0.25, -0.2) is 18.7 Å². The lowest BCUT2D eigenvalue weighted by atomic mass is 10.1. The molecular formula is C19H17Cl2F2N5O. The Balaban J connectivity index is 1.61. The van der Waals surface area contributed by atoms with Gasteiger partial charge < -0.3 is 10.2 Å². The zero-order valence-electron chi connectivity index (χ0n) is 15.4. The highest BCUT2D eigenvalue weighted by Gasteiger charge is 2.34. The molecule has 1 fully saturated rings. The van der Waals surface area contributed by atoms with Gasteiger partial charge in [-0.05, 0) is 19.1 Å². The minimum atomic E-state index is -2.64. The standard InChI is InChI=1S/C19H17Cl2F2N5O/c1-11-8-12(9-15(25-11)27-5-2-19(22,23)3-6-27)26-18(29)16-13(20)10-14(21)28-7-4-24-17(16)28/h4,7-10H,2-3,5-6H2,1H3,(H,25,26,29). The molecule has 3 aromatic rings. The Labute approximate surface area is 175 Å². The highest BCUT2D eigenvalue weighted by Crippen LogP contribution is 2.31. The lowest BCUT2D eigenvalue weighted by molar-refractivity contribution is -0.0221. The third kappa shape index (κ3) is 4.00. The number of rotatable bonds is 3. The minimum absolute atomic E-state index is 0.176. The number of piperidine rings is 1. The molecule has 0 bridgehead atoms. The van der Waals surface area contributed by atoms with Crippen LogP contribution in [0.5, 0.6) is 0 Å². The molecule has 29 heavy (non-hydrogen) atoms. The Kier molecular flexibility index (Phi) is 5.08. The van der Waals surface area contributed by atoms with E-state index in [0.717, 1.165) is 0 Å². The molecule has 3 aromatic heterocycles. The van der Waals surface area contributed by atoms with Crippen molar-refractivity contribution in [2.75, 3.05) is 23.3 Å². The van der Waals surface area contributed by atoms with E-state index < -0.39 is 11.8 Å². The zero-order chi connectivity index (χ0) is 20.8. The van der Waals surface area contributed by atoms with Gasteiger partial charge >= 0.3 is 0 Å². The number of hydrogen-bond acceptors (Lipinski definition) is 4. The van der Waals surface area contributed by atoms with E-state index in [9.17, 15) is 13.6 Å². The molecule has 0 spiro atoms. The van der Waals surface area contributed by atoms with Crippen molar-refractivity contribution in [3.8, 4) is 0 Å². The van der Waals surface area contributed by atoms with Gasteiger partial charge in [0.2, 0.25) is 0 Å². The molecule has 10 heteroatoms. The number of carbonyl (C=O) groups excluding carboxylic acids is 1. The fraction of sp³-hybridized carbons (Fsp3) is 0.316. The van der Waals surface area contributed by atoms with Crippen molar-refractivity contribution < 1.29 is 13.6 Å². The minimum Gasteiger partial charge on any atom is -0.356 e. The Morgan fingerprint density at radius 1 is 1.21 bits per heavy atom. The van der Waals surface area contributed by atoms with Crippen LogP contribution in [0.2, 0.25) is 10.2 Å². The lowest BCUT2D eigenvalue weighted by Crippen LogP contribution is -2.39. The van der Waals surface area contributed by atoms with E-state index in [-0.39, 0.29) is 36.5 Å². The van der Waals surface area contributed by atoms with Gasteiger partial charge in [-0.2, -0.15) is 0 Å². The summed E-state index contributed by atoms with van der Waals surface area (Å²) < 4.78 is 28.4. The van der Waals surface area contributed by atoms with Crippen LogP contribution in [-0.4, -0.2) is 39.3 Å². The van der Waals surface area contributed by atoms with Gasteiger partial charge in [0.25, 0.3) is 11.8 Å². The number of aryl methyl sites for hydroxylation is 1. The number of anilines is 2. The number of imidazole rings is 1. The molecule has 1 aliphatic heterocycles.